The summed E-state index contributed by atoms with van der Waals surface area (Å²) in [7, 11) is 0. The summed E-state index contributed by atoms with van der Waals surface area (Å²) in [6.07, 6.45) is 3.68. The van der Waals surface area contributed by atoms with Gasteiger partial charge in [-0.25, -0.2) is 14.4 Å². The number of imidazole rings is 1. The van der Waals surface area contributed by atoms with Gasteiger partial charge < -0.3 is 4.57 Å². The number of halogens is 1. The van der Waals surface area contributed by atoms with Gasteiger partial charge in [-0.1, -0.05) is 36.4 Å². The van der Waals surface area contributed by atoms with Crippen LogP contribution in [0.2, 0.25) is 0 Å². The van der Waals surface area contributed by atoms with Crippen LogP contribution in [0.1, 0.15) is 35.8 Å². The summed E-state index contributed by atoms with van der Waals surface area (Å²) in [6.45, 7) is 4.60. The van der Waals surface area contributed by atoms with Gasteiger partial charge in [0, 0.05) is 29.6 Å². The molecular formula is C25H21FN4O. The highest BCUT2D eigenvalue weighted by molar-refractivity contribution is 6.10. The summed E-state index contributed by atoms with van der Waals surface area (Å²) in [6, 6.07) is 18.0. The summed E-state index contributed by atoms with van der Waals surface area (Å²) < 4.78 is 16.3. The molecule has 2 aromatic heterocycles. The van der Waals surface area contributed by atoms with Gasteiger partial charge in [0.05, 0.1) is 6.54 Å². The number of fused-ring (bicyclic) bond motifs is 1. The Morgan fingerprint density at radius 1 is 1.00 bits per heavy atom. The molecule has 1 amide bonds. The molecule has 2 aromatic carbocycles. The number of nitrogens with zero attached hydrogens (tertiary/aromatic N) is 4. The van der Waals surface area contributed by atoms with Crippen LogP contribution >= 0.6 is 0 Å². The lowest BCUT2D eigenvalue weighted by Gasteiger charge is -2.16. The standard InChI is InChI=1S/C25H21FN4O/c1-16(2)29-13-12-27-24(29)22-8-5-9-23(28-22)30-15-18-11-10-17(14-20(18)25(30)31)19-6-3-4-7-21(19)26/h3-14,16H,15H2,1-2H3. The molecule has 1 aliphatic heterocycles. The summed E-state index contributed by atoms with van der Waals surface area (Å²) in [4.78, 5) is 24.0. The topological polar surface area (TPSA) is 51.0 Å². The number of pyridine rings is 1. The third-order valence-electron chi connectivity index (χ3n) is 5.56. The predicted molar refractivity (Wildman–Crippen MR) is 118 cm³/mol. The fourth-order valence-electron chi connectivity index (χ4n) is 3.98. The van der Waals surface area contributed by atoms with Crippen LogP contribution in [0.4, 0.5) is 10.2 Å². The molecule has 4 aromatic rings. The summed E-state index contributed by atoms with van der Waals surface area (Å²) in [5.74, 6) is 0.900. The van der Waals surface area contributed by atoms with Crippen LogP contribution in [0.15, 0.2) is 73.1 Å². The number of benzene rings is 2. The molecule has 0 atom stereocenters. The molecule has 1 aliphatic rings. The number of amides is 1. The Labute approximate surface area is 179 Å². The molecule has 0 N–H and O–H groups in total. The molecule has 0 aliphatic carbocycles. The zero-order valence-electron chi connectivity index (χ0n) is 17.3. The van der Waals surface area contributed by atoms with E-state index in [2.05, 4.69) is 18.8 Å². The van der Waals surface area contributed by atoms with E-state index in [0.717, 1.165) is 11.4 Å². The molecule has 0 spiro atoms. The maximum absolute atomic E-state index is 14.2. The highest BCUT2D eigenvalue weighted by Gasteiger charge is 2.30. The van der Waals surface area contributed by atoms with Crippen molar-refractivity contribution in [3.05, 3.63) is 90.0 Å². The van der Waals surface area contributed by atoms with Gasteiger partial charge in [0.2, 0.25) is 0 Å². The van der Waals surface area contributed by atoms with Crippen LogP contribution in [0.5, 0.6) is 0 Å². The van der Waals surface area contributed by atoms with Crippen molar-refractivity contribution in [3.8, 4) is 22.6 Å². The second-order valence-electron chi connectivity index (χ2n) is 7.88. The van der Waals surface area contributed by atoms with E-state index in [1.54, 1.807) is 35.4 Å². The van der Waals surface area contributed by atoms with Crippen molar-refractivity contribution in [3.63, 3.8) is 0 Å². The first-order chi connectivity index (χ1) is 15.0. The van der Waals surface area contributed by atoms with E-state index in [4.69, 9.17) is 4.98 Å². The summed E-state index contributed by atoms with van der Waals surface area (Å²) >= 11 is 0. The minimum Gasteiger partial charge on any atom is -0.327 e. The molecule has 0 fully saturated rings. The molecule has 31 heavy (non-hydrogen) atoms. The number of carbonyl (C=O) groups is 1. The third kappa shape index (κ3) is 3.30. The van der Waals surface area contributed by atoms with E-state index in [1.807, 2.05) is 41.1 Å². The van der Waals surface area contributed by atoms with Crippen molar-refractivity contribution >= 4 is 11.7 Å². The molecule has 0 unspecified atom stereocenters. The van der Waals surface area contributed by atoms with E-state index in [-0.39, 0.29) is 17.8 Å². The van der Waals surface area contributed by atoms with Gasteiger partial charge in [0.25, 0.3) is 5.91 Å². The fourth-order valence-corrected chi connectivity index (χ4v) is 3.98. The molecule has 5 rings (SSSR count). The SMILES string of the molecule is CC(C)n1ccnc1-c1cccc(N2Cc3ccc(-c4ccccc4F)cc3C2=O)n1. The fraction of sp³-hybridized carbons (Fsp3) is 0.160. The van der Waals surface area contributed by atoms with Crippen molar-refractivity contribution in [2.24, 2.45) is 0 Å². The van der Waals surface area contributed by atoms with E-state index in [9.17, 15) is 9.18 Å². The van der Waals surface area contributed by atoms with E-state index >= 15 is 0 Å². The molecule has 0 bridgehead atoms. The van der Waals surface area contributed by atoms with Gasteiger partial charge in [-0.3, -0.25) is 9.69 Å². The van der Waals surface area contributed by atoms with Crippen LogP contribution in [0.3, 0.4) is 0 Å². The number of aromatic nitrogens is 3. The quantitative estimate of drug-likeness (QED) is 0.445. The molecule has 0 radical (unpaired) electrons. The lowest BCUT2D eigenvalue weighted by atomic mass is 10.00. The number of rotatable bonds is 4. The Bertz CT molecular complexity index is 1290. The maximum atomic E-state index is 14.2. The van der Waals surface area contributed by atoms with Crippen LogP contribution < -0.4 is 4.90 Å². The Kier molecular flexibility index (Phi) is 4.62. The summed E-state index contributed by atoms with van der Waals surface area (Å²) in [5, 5.41) is 0. The van der Waals surface area contributed by atoms with Gasteiger partial charge >= 0.3 is 0 Å². The lowest BCUT2D eigenvalue weighted by Crippen LogP contribution is -2.24. The highest BCUT2D eigenvalue weighted by atomic mass is 19.1. The smallest absolute Gasteiger partial charge is 0.260 e. The average molecular weight is 412 g/mol. The monoisotopic (exact) mass is 412 g/mol. The van der Waals surface area contributed by atoms with Crippen LogP contribution in [-0.2, 0) is 6.54 Å². The Morgan fingerprint density at radius 3 is 2.65 bits per heavy atom. The van der Waals surface area contributed by atoms with Crippen molar-refractivity contribution in [2.75, 3.05) is 4.90 Å². The Balaban J connectivity index is 1.49. The van der Waals surface area contributed by atoms with Gasteiger partial charge in [-0.05, 0) is 49.2 Å². The molecule has 154 valence electrons. The normalized spacial score (nSPS) is 13.2. The molecule has 3 heterocycles. The zero-order chi connectivity index (χ0) is 21.5. The van der Waals surface area contributed by atoms with Crippen molar-refractivity contribution in [2.45, 2.75) is 26.4 Å². The second kappa shape index (κ2) is 7.47. The van der Waals surface area contributed by atoms with E-state index in [0.29, 0.717) is 34.7 Å². The van der Waals surface area contributed by atoms with Gasteiger partial charge in [-0.2, -0.15) is 0 Å². The van der Waals surface area contributed by atoms with Crippen molar-refractivity contribution < 1.29 is 9.18 Å². The van der Waals surface area contributed by atoms with Crippen molar-refractivity contribution in [1.82, 2.24) is 14.5 Å². The summed E-state index contributed by atoms with van der Waals surface area (Å²) in [5.41, 5.74) is 3.37. The van der Waals surface area contributed by atoms with E-state index < -0.39 is 0 Å². The van der Waals surface area contributed by atoms with Gasteiger partial charge in [0.1, 0.15) is 17.3 Å². The predicted octanol–water partition coefficient (Wildman–Crippen LogP) is 5.49. The molecule has 0 saturated heterocycles. The second-order valence-corrected chi connectivity index (χ2v) is 7.88. The van der Waals surface area contributed by atoms with Crippen LogP contribution in [-0.4, -0.2) is 20.4 Å². The first-order valence-corrected chi connectivity index (χ1v) is 10.2. The number of carbonyl (C=O) groups excluding carboxylic acids is 1. The molecule has 5 nitrogen and oxygen atoms in total. The third-order valence-corrected chi connectivity index (χ3v) is 5.56. The van der Waals surface area contributed by atoms with Crippen LogP contribution in [0, 0.1) is 5.82 Å². The number of hydrogen-bond donors (Lipinski definition) is 0. The van der Waals surface area contributed by atoms with Crippen molar-refractivity contribution in [1.29, 1.82) is 0 Å². The maximum Gasteiger partial charge on any atom is 0.260 e. The average Bonchev–Trinajstić information content (AvgIpc) is 3.39. The van der Waals surface area contributed by atoms with Crippen LogP contribution in [0.25, 0.3) is 22.6 Å². The Morgan fingerprint density at radius 2 is 1.84 bits per heavy atom. The molecule has 0 saturated carbocycles. The lowest BCUT2D eigenvalue weighted by molar-refractivity contribution is 0.0996. The molecular weight excluding hydrogens is 391 g/mol. The minimum atomic E-state index is -0.306. The first-order valence-electron chi connectivity index (χ1n) is 10.2. The minimum absolute atomic E-state index is 0.134. The Hall–Kier alpha value is -3.80. The largest absolute Gasteiger partial charge is 0.327 e. The first kappa shape index (κ1) is 19.2. The van der Waals surface area contributed by atoms with E-state index in [1.165, 1.54) is 6.07 Å². The van der Waals surface area contributed by atoms with Gasteiger partial charge in [0.15, 0.2) is 5.82 Å². The molecule has 6 heteroatoms. The number of anilines is 1. The van der Waals surface area contributed by atoms with Gasteiger partial charge in [-0.15, -0.1) is 0 Å². The highest BCUT2D eigenvalue weighted by Crippen LogP contribution is 2.32. The zero-order valence-corrected chi connectivity index (χ0v) is 17.3. The number of hydrogen-bond acceptors (Lipinski definition) is 3.